The highest BCUT2D eigenvalue weighted by molar-refractivity contribution is 7.89. The van der Waals surface area contributed by atoms with Gasteiger partial charge in [-0.25, -0.2) is 8.42 Å². The summed E-state index contributed by atoms with van der Waals surface area (Å²) < 4.78 is 32.3. The molecule has 0 aromatic heterocycles. The Morgan fingerprint density at radius 1 is 1.14 bits per heavy atom. The number of rotatable bonds is 7. The van der Waals surface area contributed by atoms with Crippen LogP contribution in [-0.2, 0) is 24.3 Å². The topological polar surface area (TPSA) is 92.8 Å². The van der Waals surface area contributed by atoms with Gasteiger partial charge in [0.1, 0.15) is 0 Å². The van der Waals surface area contributed by atoms with Crippen LogP contribution >= 0.6 is 0 Å². The summed E-state index contributed by atoms with van der Waals surface area (Å²) in [5, 5.41) is 2.79. The molecule has 1 fully saturated rings. The number of nitrogens with zero attached hydrogens (tertiary/aromatic N) is 1. The number of carbonyl (C=O) groups is 2. The van der Waals surface area contributed by atoms with E-state index < -0.39 is 21.9 Å². The van der Waals surface area contributed by atoms with Crippen molar-refractivity contribution >= 4 is 21.9 Å². The van der Waals surface area contributed by atoms with E-state index in [1.807, 2.05) is 34.6 Å². The van der Waals surface area contributed by atoms with Gasteiger partial charge in [-0.15, -0.1) is 0 Å². The first kappa shape index (κ1) is 23.3. The number of piperidine rings is 1. The minimum absolute atomic E-state index is 0.0000539. The second-order valence-corrected chi connectivity index (χ2v) is 10.1. The van der Waals surface area contributed by atoms with Crippen molar-refractivity contribution in [3.63, 3.8) is 0 Å². The first-order valence-electron chi connectivity index (χ1n) is 10.1. The van der Waals surface area contributed by atoms with Crippen LogP contribution in [0.1, 0.15) is 44.7 Å². The number of aryl methyl sites for hydroxylation is 2. The lowest BCUT2D eigenvalue weighted by molar-refractivity contribution is -0.153. The number of ether oxygens (including phenoxy) is 1. The van der Waals surface area contributed by atoms with E-state index in [2.05, 4.69) is 5.32 Å². The minimum Gasteiger partial charge on any atom is -0.455 e. The van der Waals surface area contributed by atoms with Gasteiger partial charge in [0.25, 0.3) is 5.91 Å². The summed E-state index contributed by atoms with van der Waals surface area (Å²) in [5.41, 5.74) is 1.96. The molecular formula is C21H32N2O5S. The molecule has 1 saturated heterocycles. The molecule has 1 amide bonds. The molecule has 0 spiro atoms. The van der Waals surface area contributed by atoms with Crippen LogP contribution in [0.4, 0.5) is 0 Å². The Bertz CT molecular complexity index is 843. The molecule has 1 aromatic rings. The smallest absolute Gasteiger partial charge is 0.309 e. The number of nitrogens with one attached hydrogen (secondary N) is 1. The van der Waals surface area contributed by atoms with Crippen molar-refractivity contribution in [3.8, 4) is 0 Å². The molecule has 29 heavy (non-hydrogen) atoms. The van der Waals surface area contributed by atoms with Crippen LogP contribution in [-0.4, -0.2) is 50.3 Å². The third kappa shape index (κ3) is 6.02. The zero-order valence-electron chi connectivity index (χ0n) is 17.9. The Kier molecular flexibility index (Phi) is 7.82. The standard InChI is InChI=1S/C21H32N2O5S/c1-14(2)17(5)22-20(24)13-28-21(25)18-8-10-23(11-9-18)29(26,27)19-7-6-15(3)16(4)12-19/h6-7,12,14,17-18H,8-11,13H2,1-5H3,(H,22,24). The van der Waals surface area contributed by atoms with E-state index >= 15 is 0 Å². The number of hydrogen-bond donors (Lipinski definition) is 1. The molecule has 8 heteroatoms. The summed E-state index contributed by atoms with van der Waals surface area (Å²) in [5.74, 6) is -0.871. The summed E-state index contributed by atoms with van der Waals surface area (Å²) in [6.07, 6.45) is 0.764. The van der Waals surface area contributed by atoms with Crippen LogP contribution in [0.2, 0.25) is 0 Å². The third-order valence-electron chi connectivity index (χ3n) is 5.64. The summed E-state index contributed by atoms with van der Waals surface area (Å²) in [4.78, 5) is 24.4. The number of sulfonamides is 1. The van der Waals surface area contributed by atoms with Crippen molar-refractivity contribution in [2.24, 2.45) is 11.8 Å². The van der Waals surface area contributed by atoms with E-state index in [-0.39, 0.29) is 36.5 Å². The zero-order chi connectivity index (χ0) is 21.8. The molecule has 0 aliphatic carbocycles. The van der Waals surface area contributed by atoms with Crippen molar-refractivity contribution in [2.75, 3.05) is 19.7 Å². The lowest BCUT2D eigenvalue weighted by Crippen LogP contribution is -2.42. The molecule has 1 aromatic carbocycles. The molecule has 0 saturated carbocycles. The van der Waals surface area contributed by atoms with Crippen LogP contribution in [0.15, 0.2) is 23.1 Å². The summed E-state index contributed by atoms with van der Waals surface area (Å²) in [6, 6.07) is 5.11. The van der Waals surface area contributed by atoms with Gasteiger partial charge in [-0.1, -0.05) is 19.9 Å². The van der Waals surface area contributed by atoms with Crippen LogP contribution in [0.25, 0.3) is 0 Å². The first-order chi connectivity index (χ1) is 13.5. The van der Waals surface area contributed by atoms with Crippen LogP contribution in [0.3, 0.4) is 0 Å². The fraction of sp³-hybridized carbons (Fsp3) is 0.619. The molecule has 0 radical (unpaired) electrons. The molecule has 1 aliphatic rings. The maximum atomic E-state index is 12.9. The van der Waals surface area contributed by atoms with E-state index in [0.29, 0.717) is 18.8 Å². The molecule has 162 valence electrons. The maximum Gasteiger partial charge on any atom is 0.309 e. The predicted molar refractivity (Wildman–Crippen MR) is 111 cm³/mol. The molecule has 2 rings (SSSR count). The van der Waals surface area contributed by atoms with Gasteiger partial charge in [0.15, 0.2) is 6.61 Å². The average Bonchev–Trinajstić information content (AvgIpc) is 2.68. The van der Waals surface area contributed by atoms with Crippen LogP contribution < -0.4 is 5.32 Å². The molecule has 0 bridgehead atoms. The Balaban J connectivity index is 1.87. The number of esters is 1. The summed E-state index contributed by atoms with van der Waals surface area (Å²) >= 11 is 0. The molecule has 1 unspecified atom stereocenters. The van der Waals surface area contributed by atoms with Crippen molar-refractivity contribution in [1.82, 2.24) is 9.62 Å². The van der Waals surface area contributed by atoms with E-state index in [1.54, 1.807) is 18.2 Å². The highest BCUT2D eigenvalue weighted by Crippen LogP contribution is 2.25. The van der Waals surface area contributed by atoms with E-state index in [0.717, 1.165) is 11.1 Å². The Labute approximate surface area is 173 Å². The number of carbonyl (C=O) groups excluding carboxylic acids is 2. The maximum absolute atomic E-state index is 12.9. The van der Waals surface area contributed by atoms with E-state index in [9.17, 15) is 18.0 Å². The molecule has 7 nitrogen and oxygen atoms in total. The van der Waals surface area contributed by atoms with Gasteiger partial charge in [0.2, 0.25) is 10.0 Å². The van der Waals surface area contributed by atoms with Crippen molar-refractivity contribution in [1.29, 1.82) is 0 Å². The van der Waals surface area contributed by atoms with Crippen molar-refractivity contribution in [3.05, 3.63) is 29.3 Å². The zero-order valence-corrected chi connectivity index (χ0v) is 18.7. The molecule has 1 atom stereocenters. The molecule has 1 N–H and O–H groups in total. The lowest BCUT2D eigenvalue weighted by atomic mass is 9.98. The lowest BCUT2D eigenvalue weighted by Gasteiger charge is -2.30. The number of amides is 1. The van der Waals surface area contributed by atoms with Gasteiger partial charge in [0, 0.05) is 19.1 Å². The Morgan fingerprint density at radius 2 is 1.76 bits per heavy atom. The van der Waals surface area contributed by atoms with Gasteiger partial charge in [-0.05, 0) is 62.8 Å². The predicted octanol–water partition coefficient (Wildman–Crippen LogP) is 2.41. The fourth-order valence-electron chi connectivity index (χ4n) is 3.07. The fourth-order valence-corrected chi connectivity index (χ4v) is 4.63. The molecule has 1 heterocycles. The highest BCUT2D eigenvalue weighted by Gasteiger charge is 2.33. The number of hydrogen-bond acceptors (Lipinski definition) is 5. The molecule has 1 aliphatic heterocycles. The normalized spacial score (nSPS) is 17.2. The van der Waals surface area contributed by atoms with Gasteiger partial charge in [-0.2, -0.15) is 4.31 Å². The summed E-state index contributed by atoms with van der Waals surface area (Å²) in [7, 11) is -3.58. The Morgan fingerprint density at radius 3 is 2.31 bits per heavy atom. The summed E-state index contributed by atoms with van der Waals surface area (Å²) in [6.45, 7) is 9.92. The van der Waals surface area contributed by atoms with Gasteiger partial charge >= 0.3 is 5.97 Å². The van der Waals surface area contributed by atoms with Crippen molar-refractivity contribution < 1.29 is 22.7 Å². The van der Waals surface area contributed by atoms with Gasteiger partial charge in [0.05, 0.1) is 10.8 Å². The van der Waals surface area contributed by atoms with Gasteiger partial charge < -0.3 is 10.1 Å². The highest BCUT2D eigenvalue weighted by atomic mass is 32.2. The quantitative estimate of drug-likeness (QED) is 0.679. The second kappa shape index (κ2) is 9.71. The third-order valence-corrected chi connectivity index (χ3v) is 7.53. The molecular weight excluding hydrogens is 392 g/mol. The van der Waals surface area contributed by atoms with E-state index in [4.69, 9.17) is 4.74 Å². The van der Waals surface area contributed by atoms with E-state index in [1.165, 1.54) is 4.31 Å². The minimum atomic E-state index is -3.58. The number of benzene rings is 1. The first-order valence-corrected chi connectivity index (χ1v) is 11.5. The second-order valence-electron chi connectivity index (χ2n) is 8.13. The van der Waals surface area contributed by atoms with Crippen LogP contribution in [0, 0.1) is 25.7 Å². The Hall–Kier alpha value is -1.93. The van der Waals surface area contributed by atoms with Gasteiger partial charge in [-0.3, -0.25) is 9.59 Å². The average molecular weight is 425 g/mol. The monoisotopic (exact) mass is 424 g/mol. The van der Waals surface area contributed by atoms with Crippen molar-refractivity contribution in [2.45, 2.75) is 58.4 Å². The SMILES string of the molecule is Cc1ccc(S(=O)(=O)N2CCC(C(=O)OCC(=O)NC(C)C(C)C)CC2)cc1C. The van der Waals surface area contributed by atoms with Crippen LogP contribution in [0.5, 0.6) is 0 Å². The largest absolute Gasteiger partial charge is 0.455 e.